The summed E-state index contributed by atoms with van der Waals surface area (Å²) in [5, 5.41) is 6.54. The zero-order chi connectivity index (χ0) is 20.6. The zero-order valence-corrected chi connectivity index (χ0v) is 17.4. The van der Waals surface area contributed by atoms with Crippen molar-refractivity contribution in [1.82, 2.24) is 15.6 Å². The van der Waals surface area contributed by atoms with Crippen molar-refractivity contribution in [3.05, 3.63) is 59.0 Å². The number of rotatable bonds is 6. The van der Waals surface area contributed by atoms with E-state index < -0.39 is 0 Å². The van der Waals surface area contributed by atoms with E-state index in [1.165, 1.54) is 6.07 Å². The minimum atomic E-state index is -0.184. The van der Waals surface area contributed by atoms with Gasteiger partial charge in [0.05, 0.1) is 19.3 Å². The molecule has 1 atom stereocenters. The highest BCUT2D eigenvalue weighted by molar-refractivity contribution is 5.79. The van der Waals surface area contributed by atoms with Gasteiger partial charge in [-0.2, -0.15) is 0 Å². The Labute approximate surface area is 172 Å². The Bertz CT molecular complexity index is 824. The summed E-state index contributed by atoms with van der Waals surface area (Å²) in [5.74, 6) is 1.52. The van der Waals surface area contributed by atoms with Crippen LogP contribution in [0.1, 0.15) is 30.5 Å². The fraction of sp³-hybridized carbons (Fsp3) is 0.455. The maximum absolute atomic E-state index is 13.4. The summed E-state index contributed by atoms with van der Waals surface area (Å²) in [5.41, 5.74) is 2.71. The average Bonchev–Trinajstić information content (AvgIpc) is 2.73. The summed E-state index contributed by atoms with van der Waals surface area (Å²) >= 11 is 0. The monoisotopic (exact) mass is 399 g/mol. The first-order valence-corrected chi connectivity index (χ1v) is 10.1. The van der Waals surface area contributed by atoms with Gasteiger partial charge in [-0.05, 0) is 49.6 Å². The van der Waals surface area contributed by atoms with Gasteiger partial charge in [-0.25, -0.2) is 14.4 Å². The van der Waals surface area contributed by atoms with Crippen LogP contribution in [0.3, 0.4) is 0 Å². The molecule has 156 valence electrons. The highest BCUT2D eigenvalue weighted by Gasteiger charge is 2.17. The molecule has 2 aromatic rings. The van der Waals surface area contributed by atoms with Crippen molar-refractivity contribution in [1.29, 1.82) is 0 Å². The Kier molecular flexibility index (Phi) is 7.41. The van der Waals surface area contributed by atoms with Gasteiger partial charge in [0.1, 0.15) is 11.6 Å². The minimum Gasteiger partial charge on any atom is -0.375 e. The number of nitrogens with zero attached hydrogens (tertiary/aromatic N) is 3. The molecule has 0 amide bonds. The van der Waals surface area contributed by atoms with E-state index in [0.717, 1.165) is 49.1 Å². The second-order valence-corrected chi connectivity index (χ2v) is 7.28. The van der Waals surface area contributed by atoms with Crippen LogP contribution in [-0.4, -0.2) is 43.3 Å². The highest BCUT2D eigenvalue weighted by Crippen LogP contribution is 2.16. The number of halogens is 1. The summed E-state index contributed by atoms with van der Waals surface area (Å²) in [4.78, 5) is 11.5. The van der Waals surface area contributed by atoms with Crippen LogP contribution < -0.4 is 15.5 Å². The molecule has 0 saturated carbocycles. The number of aliphatic imine (C=N–C) groups is 1. The van der Waals surface area contributed by atoms with Crippen LogP contribution in [0.2, 0.25) is 0 Å². The van der Waals surface area contributed by atoms with Crippen molar-refractivity contribution < 1.29 is 9.13 Å². The van der Waals surface area contributed by atoms with Gasteiger partial charge in [0.25, 0.3) is 0 Å². The van der Waals surface area contributed by atoms with Crippen LogP contribution in [0.15, 0.2) is 41.5 Å². The standard InChI is InChI=1S/C22H30FN5O/c1-4-24-22(26-12-18-5-7-20(23)16(2)11-18)27-14-19-6-8-21(25-13-19)28-9-10-29-17(3)15-28/h5-8,11,13,17H,4,9-10,12,14-15H2,1-3H3,(H2,24,26,27). The highest BCUT2D eigenvalue weighted by atomic mass is 19.1. The molecule has 29 heavy (non-hydrogen) atoms. The van der Waals surface area contributed by atoms with Gasteiger partial charge in [-0.15, -0.1) is 0 Å². The van der Waals surface area contributed by atoms with E-state index in [4.69, 9.17) is 4.74 Å². The van der Waals surface area contributed by atoms with Crippen LogP contribution in [0.5, 0.6) is 0 Å². The maximum Gasteiger partial charge on any atom is 0.191 e. The number of aryl methyl sites for hydroxylation is 1. The fourth-order valence-electron chi connectivity index (χ4n) is 3.24. The van der Waals surface area contributed by atoms with Crippen LogP contribution >= 0.6 is 0 Å². The summed E-state index contributed by atoms with van der Waals surface area (Å²) in [6.07, 6.45) is 2.11. The van der Waals surface area contributed by atoms with Crippen molar-refractivity contribution in [3.8, 4) is 0 Å². The molecule has 7 heteroatoms. The van der Waals surface area contributed by atoms with Gasteiger partial charge < -0.3 is 20.3 Å². The third-order valence-electron chi connectivity index (χ3n) is 4.82. The fourth-order valence-corrected chi connectivity index (χ4v) is 3.24. The van der Waals surface area contributed by atoms with E-state index in [2.05, 4.69) is 38.5 Å². The SMILES string of the molecule is CCNC(=NCc1ccc(N2CCOC(C)C2)nc1)NCc1ccc(F)c(C)c1. The lowest BCUT2D eigenvalue weighted by atomic mass is 10.1. The summed E-state index contributed by atoms with van der Waals surface area (Å²) in [6.45, 7) is 10.2. The number of pyridine rings is 1. The molecule has 3 rings (SSSR count). The van der Waals surface area contributed by atoms with Crippen molar-refractivity contribution in [2.75, 3.05) is 31.1 Å². The second kappa shape index (κ2) is 10.2. The van der Waals surface area contributed by atoms with Crippen LogP contribution in [0, 0.1) is 12.7 Å². The first kappa shape index (κ1) is 21.0. The Balaban J connectivity index is 1.58. The molecule has 1 aromatic heterocycles. The number of hydrogen-bond acceptors (Lipinski definition) is 4. The van der Waals surface area contributed by atoms with Gasteiger partial charge in [0, 0.05) is 32.4 Å². The Morgan fingerprint density at radius 1 is 1.28 bits per heavy atom. The van der Waals surface area contributed by atoms with E-state index in [9.17, 15) is 4.39 Å². The third-order valence-corrected chi connectivity index (χ3v) is 4.82. The third kappa shape index (κ3) is 6.15. The number of guanidine groups is 1. The van der Waals surface area contributed by atoms with E-state index in [0.29, 0.717) is 18.7 Å². The molecule has 6 nitrogen and oxygen atoms in total. The van der Waals surface area contributed by atoms with Crippen molar-refractivity contribution >= 4 is 11.8 Å². The van der Waals surface area contributed by atoms with E-state index in [1.54, 1.807) is 13.0 Å². The van der Waals surface area contributed by atoms with Crippen LogP contribution in [-0.2, 0) is 17.8 Å². The number of hydrogen-bond donors (Lipinski definition) is 2. The zero-order valence-electron chi connectivity index (χ0n) is 17.4. The lowest BCUT2D eigenvalue weighted by Gasteiger charge is -2.32. The predicted molar refractivity (Wildman–Crippen MR) is 115 cm³/mol. The minimum absolute atomic E-state index is 0.184. The molecule has 2 N–H and O–H groups in total. The molecule has 1 aliphatic heterocycles. The molecule has 0 radical (unpaired) electrons. The number of nitrogens with one attached hydrogen (secondary N) is 2. The molecular weight excluding hydrogens is 369 g/mol. The summed E-state index contributed by atoms with van der Waals surface area (Å²) in [6, 6.07) is 9.25. The van der Waals surface area contributed by atoms with E-state index in [1.807, 2.05) is 25.3 Å². The largest absolute Gasteiger partial charge is 0.375 e. The molecule has 1 aliphatic rings. The first-order chi connectivity index (χ1) is 14.0. The molecule has 1 saturated heterocycles. The molecular formula is C22H30FN5O. The Hall–Kier alpha value is -2.67. The lowest BCUT2D eigenvalue weighted by Crippen LogP contribution is -2.41. The van der Waals surface area contributed by atoms with Gasteiger partial charge in [0.15, 0.2) is 5.96 Å². The molecule has 1 fully saturated rings. The maximum atomic E-state index is 13.4. The molecule has 2 heterocycles. The Morgan fingerprint density at radius 2 is 2.10 bits per heavy atom. The molecule has 0 aliphatic carbocycles. The van der Waals surface area contributed by atoms with E-state index >= 15 is 0 Å². The smallest absolute Gasteiger partial charge is 0.191 e. The number of benzene rings is 1. The number of anilines is 1. The van der Waals surface area contributed by atoms with Crippen molar-refractivity contribution in [3.63, 3.8) is 0 Å². The number of ether oxygens (including phenoxy) is 1. The van der Waals surface area contributed by atoms with Gasteiger partial charge in [0.2, 0.25) is 0 Å². The van der Waals surface area contributed by atoms with Crippen LogP contribution in [0.25, 0.3) is 0 Å². The van der Waals surface area contributed by atoms with Gasteiger partial charge in [-0.1, -0.05) is 18.2 Å². The van der Waals surface area contributed by atoms with Gasteiger partial charge in [-0.3, -0.25) is 0 Å². The first-order valence-electron chi connectivity index (χ1n) is 10.1. The van der Waals surface area contributed by atoms with Crippen molar-refractivity contribution in [2.24, 2.45) is 4.99 Å². The summed E-state index contributed by atoms with van der Waals surface area (Å²) in [7, 11) is 0. The quantitative estimate of drug-likeness (QED) is 0.578. The molecule has 1 aromatic carbocycles. The van der Waals surface area contributed by atoms with Crippen LogP contribution in [0.4, 0.5) is 10.2 Å². The topological polar surface area (TPSA) is 61.8 Å². The Morgan fingerprint density at radius 3 is 2.79 bits per heavy atom. The van der Waals surface area contributed by atoms with Crippen molar-refractivity contribution in [2.45, 2.75) is 40.0 Å². The average molecular weight is 400 g/mol. The molecule has 0 spiro atoms. The number of morpholine rings is 1. The second-order valence-electron chi connectivity index (χ2n) is 7.28. The van der Waals surface area contributed by atoms with E-state index in [-0.39, 0.29) is 11.9 Å². The van der Waals surface area contributed by atoms with Gasteiger partial charge >= 0.3 is 0 Å². The predicted octanol–water partition coefficient (Wildman–Crippen LogP) is 3.01. The molecule has 1 unspecified atom stereocenters. The molecule has 0 bridgehead atoms. The summed E-state index contributed by atoms with van der Waals surface area (Å²) < 4.78 is 19.0. The lowest BCUT2D eigenvalue weighted by molar-refractivity contribution is 0.0529. The number of aromatic nitrogens is 1. The normalized spacial score (nSPS) is 17.3.